The monoisotopic (exact) mass is 237 g/mol. The number of hydrogen-bond acceptors (Lipinski definition) is 3. The lowest BCUT2D eigenvalue weighted by Crippen LogP contribution is -2.47. The van der Waals surface area contributed by atoms with Crippen molar-refractivity contribution in [3.8, 4) is 0 Å². The summed E-state index contributed by atoms with van der Waals surface area (Å²) in [4.78, 5) is 24.0. The second-order valence-corrected chi connectivity index (χ2v) is 6.66. The summed E-state index contributed by atoms with van der Waals surface area (Å²) in [5.74, 6) is 0.236. The molecule has 3 aliphatic rings. The van der Waals surface area contributed by atoms with E-state index in [1.807, 2.05) is 20.8 Å². The van der Waals surface area contributed by atoms with Gasteiger partial charge in [0, 0.05) is 11.5 Å². The zero-order valence-corrected chi connectivity index (χ0v) is 10.5. The molecular weight excluding hydrogens is 218 g/mol. The van der Waals surface area contributed by atoms with Crippen molar-refractivity contribution < 1.29 is 14.3 Å². The number of amides is 1. The summed E-state index contributed by atoms with van der Waals surface area (Å²) in [6.45, 7) is 5.90. The van der Waals surface area contributed by atoms with Crippen molar-refractivity contribution in [1.82, 2.24) is 5.32 Å². The van der Waals surface area contributed by atoms with Crippen LogP contribution in [-0.4, -0.2) is 23.5 Å². The molecule has 1 aliphatic heterocycles. The Balaban J connectivity index is 1.81. The fourth-order valence-electron chi connectivity index (χ4n) is 3.82. The van der Waals surface area contributed by atoms with Crippen molar-refractivity contribution in [3.63, 3.8) is 0 Å². The third kappa shape index (κ3) is 1.57. The van der Waals surface area contributed by atoms with E-state index in [1.165, 1.54) is 0 Å². The number of hydrogen-bond donors (Lipinski definition) is 1. The first-order chi connectivity index (χ1) is 7.87. The van der Waals surface area contributed by atoms with Gasteiger partial charge in [-0.05, 0) is 39.5 Å². The zero-order chi connectivity index (χ0) is 12.4. The molecule has 0 aromatic rings. The Bertz CT molecular complexity index is 383. The van der Waals surface area contributed by atoms with Crippen LogP contribution in [0.25, 0.3) is 0 Å². The number of ether oxygens (including phenoxy) is 1. The van der Waals surface area contributed by atoms with E-state index in [0.717, 1.165) is 12.8 Å². The molecule has 2 saturated carbocycles. The molecule has 1 amide bonds. The fraction of sp³-hybridized carbons (Fsp3) is 0.846. The summed E-state index contributed by atoms with van der Waals surface area (Å²) < 4.78 is 5.33. The number of esters is 1. The largest absolute Gasteiger partial charge is 0.462 e. The first kappa shape index (κ1) is 11.1. The van der Waals surface area contributed by atoms with E-state index in [0.29, 0.717) is 11.8 Å². The molecule has 1 saturated heterocycles. The maximum Gasteiger partial charge on any atom is 0.310 e. The molecule has 3 rings (SSSR count). The standard InChI is InChI=1S/C13H19NO3/c1-13(2,3)14-11(15)9-6-4-7-8(5-6)17-12(16)10(7)9/h6-10H,4-5H2,1-3H3,(H,14,15)/t6-,7+,8-,9-,10+/m1/s1. The van der Waals surface area contributed by atoms with Crippen molar-refractivity contribution in [1.29, 1.82) is 0 Å². The second kappa shape index (κ2) is 3.24. The van der Waals surface area contributed by atoms with Crippen molar-refractivity contribution in [2.45, 2.75) is 45.3 Å². The summed E-state index contributed by atoms with van der Waals surface area (Å²) >= 11 is 0. The van der Waals surface area contributed by atoms with Crippen LogP contribution in [0.1, 0.15) is 33.6 Å². The van der Waals surface area contributed by atoms with E-state index in [9.17, 15) is 9.59 Å². The van der Waals surface area contributed by atoms with Crippen LogP contribution in [0.5, 0.6) is 0 Å². The van der Waals surface area contributed by atoms with Crippen molar-refractivity contribution in [3.05, 3.63) is 0 Å². The van der Waals surface area contributed by atoms with Gasteiger partial charge in [0.05, 0.1) is 11.8 Å². The molecule has 0 radical (unpaired) electrons. The lowest BCUT2D eigenvalue weighted by atomic mass is 9.79. The average molecular weight is 237 g/mol. The Morgan fingerprint density at radius 1 is 1.35 bits per heavy atom. The summed E-state index contributed by atoms with van der Waals surface area (Å²) in [5, 5.41) is 3.00. The number of nitrogens with one attached hydrogen (secondary N) is 1. The summed E-state index contributed by atoms with van der Waals surface area (Å²) in [7, 11) is 0. The molecule has 1 N–H and O–H groups in total. The third-order valence-electron chi connectivity index (χ3n) is 4.28. The molecule has 4 heteroatoms. The maximum absolute atomic E-state index is 12.3. The SMILES string of the molecule is CC(C)(C)NC(=O)[C@@H]1[C@@H]2C[C@@H]3[C@@H]1C(=O)O[C@@H]3C2. The normalized spacial score (nSPS) is 42.8. The maximum atomic E-state index is 12.3. The van der Waals surface area contributed by atoms with E-state index in [4.69, 9.17) is 4.74 Å². The minimum Gasteiger partial charge on any atom is -0.462 e. The van der Waals surface area contributed by atoms with E-state index in [2.05, 4.69) is 5.32 Å². The second-order valence-electron chi connectivity index (χ2n) is 6.66. The van der Waals surface area contributed by atoms with E-state index < -0.39 is 0 Å². The van der Waals surface area contributed by atoms with Gasteiger partial charge in [-0.25, -0.2) is 0 Å². The highest BCUT2D eigenvalue weighted by molar-refractivity contribution is 5.88. The molecule has 4 nitrogen and oxygen atoms in total. The average Bonchev–Trinajstić information content (AvgIpc) is 2.73. The minimum atomic E-state index is -0.235. The Labute approximate surface area is 101 Å². The first-order valence-corrected chi connectivity index (χ1v) is 6.39. The summed E-state index contributed by atoms with van der Waals surface area (Å²) in [5.41, 5.74) is -0.235. The van der Waals surface area contributed by atoms with Crippen LogP contribution in [-0.2, 0) is 14.3 Å². The molecule has 17 heavy (non-hydrogen) atoms. The Kier molecular flexibility index (Phi) is 2.11. The van der Waals surface area contributed by atoms with Gasteiger partial charge in [-0.3, -0.25) is 9.59 Å². The Morgan fingerprint density at radius 2 is 2.06 bits per heavy atom. The quantitative estimate of drug-likeness (QED) is 0.695. The molecule has 0 aromatic heterocycles. The topological polar surface area (TPSA) is 55.4 Å². The lowest BCUT2D eigenvalue weighted by molar-refractivity contribution is -0.146. The molecule has 2 bridgehead atoms. The van der Waals surface area contributed by atoms with Gasteiger partial charge in [0.1, 0.15) is 6.10 Å². The molecule has 3 fully saturated rings. The highest BCUT2D eigenvalue weighted by Gasteiger charge is 2.64. The van der Waals surface area contributed by atoms with Gasteiger partial charge < -0.3 is 10.1 Å². The molecule has 5 atom stereocenters. The number of carbonyl (C=O) groups is 2. The first-order valence-electron chi connectivity index (χ1n) is 6.39. The predicted molar refractivity (Wildman–Crippen MR) is 61.0 cm³/mol. The fourth-order valence-corrected chi connectivity index (χ4v) is 3.82. The van der Waals surface area contributed by atoms with Crippen molar-refractivity contribution in [2.24, 2.45) is 23.7 Å². The van der Waals surface area contributed by atoms with Crippen LogP contribution >= 0.6 is 0 Å². The van der Waals surface area contributed by atoms with Crippen LogP contribution < -0.4 is 5.32 Å². The van der Waals surface area contributed by atoms with Gasteiger partial charge in [-0.2, -0.15) is 0 Å². The van der Waals surface area contributed by atoms with Crippen molar-refractivity contribution >= 4 is 11.9 Å². The summed E-state index contributed by atoms with van der Waals surface area (Å²) in [6.07, 6.45) is 1.98. The van der Waals surface area contributed by atoms with Crippen LogP contribution in [0.3, 0.4) is 0 Å². The van der Waals surface area contributed by atoms with E-state index in [-0.39, 0.29) is 35.4 Å². The molecule has 2 aliphatic carbocycles. The van der Waals surface area contributed by atoms with E-state index >= 15 is 0 Å². The lowest BCUT2D eigenvalue weighted by Gasteiger charge is -2.28. The molecule has 94 valence electrons. The molecule has 0 aromatic carbocycles. The predicted octanol–water partition coefficient (Wildman–Crippen LogP) is 1.10. The van der Waals surface area contributed by atoms with E-state index in [1.54, 1.807) is 0 Å². The number of fused-ring (bicyclic) bond motifs is 1. The third-order valence-corrected chi connectivity index (χ3v) is 4.28. The molecule has 1 heterocycles. The van der Waals surface area contributed by atoms with Crippen LogP contribution in [0.4, 0.5) is 0 Å². The van der Waals surface area contributed by atoms with Gasteiger partial charge >= 0.3 is 5.97 Å². The zero-order valence-electron chi connectivity index (χ0n) is 10.5. The summed E-state index contributed by atoms with van der Waals surface area (Å²) in [6, 6.07) is 0. The Hall–Kier alpha value is -1.06. The molecule has 0 unspecified atom stereocenters. The van der Waals surface area contributed by atoms with Crippen LogP contribution in [0.15, 0.2) is 0 Å². The van der Waals surface area contributed by atoms with Gasteiger partial charge in [0.15, 0.2) is 0 Å². The van der Waals surface area contributed by atoms with Crippen LogP contribution in [0, 0.1) is 23.7 Å². The Morgan fingerprint density at radius 3 is 2.71 bits per heavy atom. The number of rotatable bonds is 1. The van der Waals surface area contributed by atoms with Gasteiger partial charge in [0.25, 0.3) is 0 Å². The van der Waals surface area contributed by atoms with Gasteiger partial charge in [-0.1, -0.05) is 0 Å². The van der Waals surface area contributed by atoms with Gasteiger partial charge in [-0.15, -0.1) is 0 Å². The van der Waals surface area contributed by atoms with Gasteiger partial charge in [0.2, 0.25) is 5.91 Å². The minimum absolute atomic E-state index is 0.0345. The molecular formula is C13H19NO3. The van der Waals surface area contributed by atoms with Crippen LogP contribution in [0.2, 0.25) is 0 Å². The van der Waals surface area contributed by atoms with Crippen molar-refractivity contribution in [2.75, 3.05) is 0 Å². The number of carbonyl (C=O) groups excluding carboxylic acids is 2. The smallest absolute Gasteiger partial charge is 0.310 e. The highest BCUT2D eigenvalue weighted by atomic mass is 16.6. The molecule has 0 spiro atoms. The highest BCUT2D eigenvalue weighted by Crippen LogP contribution is 2.57.